The third kappa shape index (κ3) is 7.99. The minimum Gasteiger partial charge on any atom is -0.352 e. The van der Waals surface area contributed by atoms with Crippen LogP contribution < -0.4 is 11.1 Å². The number of thioether (sulfide) groups is 2. The minimum atomic E-state index is -0.353. The molecule has 0 rings (SSSR count). The first-order valence-electron chi connectivity index (χ1n) is 5.15. The number of hydrogen-bond donors (Lipinski definition) is 2. The van der Waals surface area contributed by atoms with Gasteiger partial charge >= 0.3 is 0 Å². The van der Waals surface area contributed by atoms with Crippen molar-refractivity contribution in [2.45, 2.75) is 31.8 Å². The van der Waals surface area contributed by atoms with E-state index in [1.165, 1.54) is 0 Å². The van der Waals surface area contributed by atoms with Gasteiger partial charge in [-0.05, 0) is 43.8 Å². The fourth-order valence-electron chi connectivity index (χ4n) is 1.09. The van der Waals surface area contributed by atoms with Gasteiger partial charge in [0, 0.05) is 6.04 Å². The van der Waals surface area contributed by atoms with E-state index in [1.807, 2.05) is 13.2 Å². The van der Waals surface area contributed by atoms with Gasteiger partial charge in [0.05, 0.1) is 6.04 Å². The smallest absolute Gasteiger partial charge is 0.237 e. The highest BCUT2D eigenvalue weighted by atomic mass is 32.2. The van der Waals surface area contributed by atoms with Crippen LogP contribution in [0.2, 0.25) is 0 Å². The van der Waals surface area contributed by atoms with E-state index >= 15 is 0 Å². The third-order valence-electron chi connectivity index (χ3n) is 2.11. The summed E-state index contributed by atoms with van der Waals surface area (Å²) >= 11 is 3.51. The average Bonchev–Trinajstić information content (AvgIpc) is 2.22. The number of amides is 1. The molecule has 1 amide bonds. The molecule has 0 bridgehead atoms. The first-order valence-corrected chi connectivity index (χ1v) is 7.94. The van der Waals surface area contributed by atoms with Crippen LogP contribution in [-0.2, 0) is 4.79 Å². The highest BCUT2D eigenvalue weighted by molar-refractivity contribution is 7.98. The maximum Gasteiger partial charge on any atom is 0.237 e. The molecule has 0 saturated heterocycles. The Morgan fingerprint density at radius 2 is 1.80 bits per heavy atom. The summed E-state index contributed by atoms with van der Waals surface area (Å²) in [5.74, 6) is 1.99. The lowest BCUT2D eigenvalue weighted by Crippen LogP contribution is -2.44. The molecule has 0 aliphatic heterocycles. The van der Waals surface area contributed by atoms with Gasteiger partial charge in [-0.15, -0.1) is 0 Å². The van der Waals surface area contributed by atoms with E-state index in [2.05, 4.69) is 11.6 Å². The van der Waals surface area contributed by atoms with Crippen molar-refractivity contribution in [3.63, 3.8) is 0 Å². The predicted octanol–water partition coefficient (Wildman–Crippen LogP) is 1.32. The van der Waals surface area contributed by atoms with Crippen molar-refractivity contribution in [1.29, 1.82) is 0 Å². The maximum atomic E-state index is 11.6. The molecule has 0 aromatic carbocycles. The Labute approximate surface area is 101 Å². The number of hydrogen-bond acceptors (Lipinski definition) is 4. The third-order valence-corrected chi connectivity index (χ3v) is 3.40. The van der Waals surface area contributed by atoms with E-state index in [9.17, 15) is 4.79 Å². The molecule has 0 aromatic rings. The molecule has 15 heavy (non-hydrogen) atoms. The number of carbonyl (C=O) groups excluding carboxylic acids is 1. The molecule has 3 nitrogen and oxygen atoms in total. The topological polar surface area (TPSA) is 55.1 Å². The van der Waals surface area contributed by atoms with Crippen molar-refractivity contribution in [2.24, 2.45) is 5.73 Å². The molecule has 0 unspecified atom stereocenters. The van der Waals surface area contributed by atoms with Crippen molar-refractivity contribution in [1.82, 2.24) is 5.32 Å². The number of nitrogens with two attached hydrogens (primary N) is 1. The van der Waals surface area contributed by atoms with Crippen LogP contribution in [0.25, 0.3) is 0 Å². The van der Waals surface area contributed by atoms with Gasteiger partial charge < -0.3 is 11.1 Å². The van der Waals surface area contributed by atoms with Gasteiger partial charge in [-0.25, -0.2) is 0 Å². The van der Waals surface area contributed by atoms with Crippen LogP contribution in [0.1, 0.15) is 19.8 Å². The normalized spacial score (nSPS) is 14.7. The fraction of sp³-hybridized carbons (Fsp3) is 0.900. The molecule has 0 saturated carbocycles. The SMILES string of the molecule is CSCC[C@H](C)NC(=O)[C@@H](N)CCSC. The molecule has 0 fully saturated rings. The van der Waals surface area contributed by atoms with Crippen LogP contribution in [0.3, 0.4) is 0 Å². The molecule has 2 atom stereocenters. The van der Waals surface area contributed by atoms with Gasteiger partial charge in [0.15, 0.2) is 0 Å². The van der Waals surface area contributed by atoms with E-state index < -0.39 is 0 Å². The number of carbonyl (C=O) groups is 1. The molecular formula is C10H22N2OS2. The van der Waals surface area contributed by atoms with Crippen molar-refractivity contribution >= 4 is 29.4 Å². The highest BCUT2D eigenvalue weighted by Crippen LogP contribution is 2.02. The summed E-state index contributed by atoms with van der Waals surface area (Å²) in [5.41, 5.74) is 5.75. The zero-order valence-corrected chi connectivity index (χ0v) is 11.4. The quantitative estimate of drug-likeness (QED) is 0.682. The van der Waals surface area contributed by atoms with Crippen LogP contribution in [0.15, 0.2) is 0 Å². The van der Waals surface area contributed by atoms with E-state index in [-0.39, 0.29) is 18.0 Å². The van der Waals surface area contributed by atoms with Crippen LogP contribution in [0, 0.1) is 0 Å². The van der Waals surface area contributed by atoms with E-state index in [0.29, 0.717) is 0 Å². The number of rotatable bonds is 8. The predicted molar refractivity (Wildman–Crippen MR) is 71.6 cm³/mol. The van der Waals surface area contributed by atoms with E-state index in [1.54, 1.807) is 23.5 Å². The van der Waals surface area contributed by atoms with E-state index in [4.69, 9.17) is 5.73 Å². The van der Waals surface area contributed by atoms with Gasteiger partial charge in [-0.1, -0.05) is 0 Å². The summed E-state index contributed by atoms with van der Waals surface area (Å²) in [6, 6.07) is -0.126. The average molecular weight is 250 g/mol. The zero-order valence-electron chi connectivity index (χ0n) is 9.79. The summed E-state index contributed by atoms with van der Waals surface area (Å²) in [6.07, 6.45) is 5.84. The van der Waals surface area contributed by atoms with E-state index in [0.717, 1.165) is 24.3 Å². The molecule has 0 aliphatic carbocycles. The molecule has 90 valence electrons. The Balaban J connectivity index is 3.70. The standard InChI is InChI=1S/C10H22N2OS2/c1-8(4-6-14-2)12-10(13)9(11)5-7-15-3/h8-9H,4-7,11H2,1-3H3,(H,12,13)/t8-,9-/m0/s1. The molecule has 3 N–H and O–H groups in total. The lowest BCUT2D eigenvalue weighted by Gasteiger charge is -2.16. The fourth-order valence-corrected chi connectivity index (χ4v) is 2.17. The second kappa shape index (κ2) is 9.36. The van der Waals surface area contributed by atoms with Crippen molar-refractivity contribution in [3.05, 3.63) is 0 Å². The second-order valence-corrected chi connectivity index (χ2v) is 5.55. The molecule has 0 aliphatic rings. The van der Waals surface area contributed by atoms with Crippen molar-refractivity contribution < 1.29 is 4.79 Å². The van der Waals surface area contributed by atoms with Crippen molar-refractivity contribution in [2.75, 3.05) is 24.0 Å². The summed E-state index contributed by atoms with van der Waals surface area (Å²) < 4.78 is 0. The summed E-state index contributed by atoms with van der Waals surface area (Å²) in [4.78, 5) is 11.6. The lowest BCUT2D eigenvalue weighted by atomic mass is 10.2. The minimum absolute atomic E-state index is 0.0161. The van der Waals surface area contributed by atoms with Gasteiger partial charge in [0.25, 0.3) is 0 Å². The van der Waals surface area contributed by atoms with Gasteiger partial charge in [0.2, 0.25) is 5.91 Å². The Hall–Kier alpha value is 0.130. The van der Waals surface area contributed by atoms with Crippen LogP contribution >= 0.6 is 23.5 Å². The monoisotopic (exact) mass is 250 g/mol. The molecule has 0 spiro atoms. The summed E-state index contributed by atoms with van der Waals surface area (Å²) in [5, 5.41) is 2.94. The van der Waals surface area contributed by atoms with Crippen LogP contribution in [0.5, 0.6) is 0 Å². The Morgan fingerprint density at radius 3 is 2.33 bits per heavy atom. The number of nitrogens with one attached hydrogen (secondary N) is 1. The van der Waals surface area contributed by atoms with Gasteiger partial charge in [0.1, 0.15) is 0 Å². The Morgan fingerprint density at radius 1 is 1.27 bits per heavy atom. The first kappa shape index (κ1) is 15.1. The lowest BCUT2D eigenvalue weighted by molar-refractivity contribution is -0.123. The van der Waals surface area contributed by atoms with Crippen molar-refractivity contribution in [3.8, 4) is 0 Å². The summed E-state index contributed by atoms with van der Waals surface area (Å²) in [7, 11) is 0. The van der Waals surface area contributed by atoms with Crippen LogP contribution in [0.4, 0.5) is 0 Å². The Bertz CT molecular complexity index is 179. The summed E-state index contributed by atoms with van der Waals surface area (Å²) in [6.45, 7) is 2.02. The molecule has 0 radical (unpaired) electrons. The largest absolute Gasteiger partial charge is 0.352 e. The first-order chi connectivity index (χ1) is 7.11. The van der Waals surface area contributed by atoms with Gasteiger partial charge in [-0.3, -0.25) is 4.79 Å². The maximum absolute atomic E-state index is 11.6. The molecule has 0 heterocycles. The highest BCUT2D eigenvalue weighted by Gasteiger charge is 2.14. The van der Waals surface area contributed by atoms with Crippen LogP contribution in [-0.4, -0.2) is 42.0 Å². The molecule has 0 aromatic heterocycles. The second-order valence-electron chi connectivity index (χ2n) is 3.58. The Kier molecular flexibility index (Phi) is 9.44. The molecule has 5 heteroatoms. The molecular weight excluding hydrogens is 228 g/mol. The van der Waals surface area contributed by atoms with Gasteiger partial charge in [-0.2, -0.15) is 23.5 Å². The zero-order chi connectivity index (χ0) is 11.7.